The quantitative estimate of drug-likeness (QED) is 0.363. The van der Waals surface area contributed by atoms with Crippen LogP contribution in [0.3, 0.4) is 0 Å². The number of aromatic nitrogens is 5. The largest absolute Gasteiger partial charge is 0.490 e. The number of carboxylic acid groups (broad SMARTS) is 1. The molecule has 1 fully saturated rings. The van der Waals surface area contributed by atoms with E-state index < -0.39 is 36.5 Å². The summed E-state index contributed by atoms with van der Waals surface area (Å²) in [5.74, 6) is -6.16. The van der Waals surface area contributed by atoms with Gasteiger partial charge in [-0.3, -0.25) is 4.79 Å². The molecule has 0 spiro atoms. The van der Waals surface area contributed by atoms with E-state index in [9.17, 15) is 26.7 Å². The number of carbonyl (C=O) groups excluding carboxylic acids is 1. The number of nitrogens with zero attached hydrogens (tertiary/aromatic N) is 6. The number of pyridine rings is 1. The Balaban J connectivity index is 0.000000448. The topological polar surface area (TPSA) is 123 Å². The van der Waals surface area contributed by atoms with E-state index in [1.807, 2.05) is 18.2 Å². The number of carboxylic acids is 1. The van der Waals surface area contributed by atoms with Crippen LogP contribution in [0.2, 0.25) is 0 Å². The first-order valence-corrected chi connectivity index (χ1v) is 12.0. The van der Waals surface area contributed by atoms with Gasteiger partial charge in [0.15, 0.2) is 11.1 Å². The molecule has 1 aliphatic rings. The van der Waals surface area contributed by atoms with Crippen LogP contribution in [0.1, 0.15) is 22.5 Å². The molecule has 206 valence electrons. The third kappa shape index (κ3) is 6.27. The van der Waals surface area contributed by atoms with E-state index in [4.69, 9.17) is 14.6 Å². The molecule has 3 aromatic heterocycles. The Morgan fingerprint density at radius 1 is 1.13 bits per heavy atom. The minimum atomic E-state index is -5.08. The first-order chi connectivity index (χ1) is 18.4. The molecule has 1 atom stereocenters. The highest BCUT2D eigenvalue weighted by Gasteiger charge is 2.48. The Hall–Kier alpha value is -4.21. The standard InChI is InChI=1S/C21H18F2N6O2S.C2HF3O2/c1-13-18(20(32-27-13)29-24-9-10-25-29)19(30)28-11-8-21(22,23)16(12-28)31-17-7-6-14-4-2-3-5-15(14)26-17;3-2(4,5)1(6)7/h2-7,9-10,16H,8,11-12H2,1H3;(H,6,7). The van der Waals surface area contributed by atoms with Crippen molar-refractivity contribution >= 4 is 34.3 Å². The molecule has 0 aliphatic carbocycles. The van der Waals surface area contributed by atoms with Gasteiger partial charge in [0.05, 0.1) is 30.1 Å². The summed E-state index contributed by atoms with van der Waals surface area (Å²) >= 11 is 1.08. The molecule has 1 unspecified atom stereocenters. The number of halogens is 5. The highest BCUT2D eigenvalue weighted by Crippen LogP contribution is 2.33. The van der Waals surface area contributed by atoms with Crippen molar-refractivity contribution in [1.82, 2.24) is 29.3 Å². The van der Waals surface area contributed by atoms with Crippen molar-refractivity contribution < 1.29 is 41.4 Å². The zero-order chi connectivity index (χ0) is 28.4. The van der Waals surface area contributed by atoms with Gasteiger partial charge in [-0.05, 0) is 30.6 Å². The number of hydrogen-bond acceptors (Lipinski definition) is 8. The Bertz CT molecular complexity index is 1480. The average Bonchev–Trinajstić information content (AvgIpc) is 3.54. The molecule has 1 amide bonds. The number of hydrogen-bond donors (Lipinski definition) is 1. The Morgan fingerprint density at radius 2 is 1.79 bits per heavy atom. The lowest BCUT2D eigenvalue weighted by molar-refractivity contribution is -0.192. The van der Waals surface area contributed by atoms with Gasteiger partial charge in [-0.15, -0.1) is 4.80 Å². The van der Waals surface area contributed by atoms with Crippen molar-refractivity contribution in [2.45, 2.75) is 31.5 Å². The maximum atomic E-state index is 14.7. The summed E-state index contributed by atoms with van der Waals surface area (Å²) in [6.45, 7) is 1.32. The second kappa shape index (κ2) is 10.9. The lowest BCUT2D eigenvalue weighted by Gasteiger charge is -2.38. The molecule has 16 heteroatoms. The number of ether oxygens (including phenoxy) is 1. The van der Waals surface area contributed by atoms with Crippen molar-refractivity contribution in [2.75, 3.05) is 13.1 Å². The van der Waals surface area contributed by atoms with Crippen LogP contribution >= 0.6 is 11.5 Å². The number of para-hydroxylation sites is 1. The molecule has 0 saturated carbocycles. The van der Waals surface area contributed by atoms with Gasteiger partial charge < -0.3 is 14.7 Å². The van der Waals surface area contributed by atoms with E-state index in [0.717, 1.165) is 16.9 Å². The van der Waals surface area contributed by atoms with Gasteiger partial charge in [0, 0.05) is 24.4 Å². The number of likely N-dealkylation sites (tertiary alicyclic amines) is 1. The number of aryl methyl sites for hydroxylation is 1. The van der Waals surface area contributed by atoms with Crippen LogP contribution in [0.15, 0.2) is 48.8 Å². The van der Waals surface area contributed by atoms with E-state index >= 15 is 0 Å². The highest BCUT2D eigenvalue weighted by atomic mass is 32.1. The third-order valence-electron chi connectivity index (χ3n) is 5.60. The summed E-state index contributed by atoms with van der Waals surface area (Å²) in [4.78, 5) is 29.2. The minimum Gasteiger partial charge on any atom is -0.475 e. The number of amides is 1. The summed E-state index contributed by atoms with van der Waals surface area (Å²) < 4.78 is 71.0. The van der Waals surface area contributed by atoms with Gasteiger partial charge in [-0.1, -0.05) is 18.2 Å². The molecule has 39 heavy (non-hydrogen) atoms. The molecule has 0 radical (unpaired) electrons. The number of benzene rings is 1. The number of aliphatic carboxylic acids is 1. The van der Waals surface area contributed by atoms with Crippen molar-refractivity contribution in [2.24, 2.45) is 0 Å². The van der Waals surface area contributed by atoms with Crippen molar-refractivity contribution in [3.8, 4) is 10.9 Å². The van der Waals surface area contributed by atoms with Gasteiger partial charge in [0.1, 0.15) is 5.56 Å². The van der Waals surface area contributed by atoms with Gasteiger partial charge in [0.2, 0.25) is 5.88 Å². The zero-order valence-corrected chi connectivity index (χ0v) is 20.8. The molecular weight excluding hydrogens is 551 g/mol. The van der Waals surface area contributed by atoms with Crippen LogP contribution in [0, 0.1) is 6.92 Å². The van der Waals surface area contributed by atoms with Crippen LogP contribution in [0.5, 0.6) is 5.88 Å². The van der Waals surface area contributed by atoms with Crippen molar-refractivity contribution in [1.29, 1.82) is 0 Å². The Kier molecular flexibility index (Phi) is 7.76. The molecule has 5 rings (SSSR count). The number of carbonyl (C=O) groups is 2. The molecule has 1 saturated heterocycles. The van der Waals surface area contributed by atoms with Crippen molar-refractivity contribution in [3.05, 3.63) is 60.0 Å². The predicted octanol–water partition coefficient (Wildman–Crippen LogP) is 4.14. The van der Waals surface area contributed by atoms with E-state index in [2.05, 4.69) is 19.6 Å². The molecule has 0 bridgehead atoms. The maximum Gasteiger partial charge on any atom is 0.490 e. The molecular formula is C23H19F5N6O4S. The zero-order valence-electron chi connectivity index (χ0n) is 20.0. The molecule has 10 nitrogen and oxygen atoms in total. The van der Waals surface area contributed by atoms with Crippen LogP contribution in [-0.4, -0.2) is 77.5 Å². The number of alkyl halides is 5. The Morgan fingerprint density at radius 3 is 2.46 bits per heavy atom. The van der Waals surface area contributed by atoms with Crippen LogP contribution < -0.4 is 4.74 Å². The third-order valence-corrected chi connectivity index (χ3v) is 6.50. The lowest BCUT2D eigenvalue weighted by atomic mass is 10.0. The first-order valence-electron chi connectivity index (χ1n) is 11.2. The summed E-state index contributed by atoms with van der Waals surface area (Å²) in [7, 11) is 0. The highest BCUT2D eigenvalue weighted by molar-refractivity contribution is 7.09. The van der Waals surface area contributed by atoms with E-state index in [-0.39, 0.29) is 19.0 Å². The molecule has 1 aliphatic heterocycles. The second-order valence-electron chi connectivity index (χ2n) is 8.28. The maximum absolute atomic E-state index is 14.7. The normalized spacial score (nSPS) is 16.9. The van der Waals surface area contributed by atoms with Crippen LogP contribution in [-0.2, 0) is 4.79 Å². The molecule has 4 heterocycles. The fourth-order valence-corrected chi connectivity index (χ4v) is 4.46. The van der Waals surface area contributed by atoms with Gasteiger partial charge in [0.25, 0.3) is 11.8 Å². The van der Waals surface area contributed by atoms with Gasteiger partial charge >= 0.3 is 12.1 Å². The minimum absolute atomic E-state index is 0.0949. The molecule has 1 aromatic carbocycles. The smallest absolute Gasteiger partial charge is 0.475 e. The first kappa shape index (κ1) is 27.8. The van der Waals surface area contributed by atoms with Crippen molar-refractivity contribution in [3.63, 3.8) is 0 Å². The summed E-state index contributed by atoms with van der Waals surface area (Å²) in [6.07, 6.45) is -4.13. The van der Waals surface area contributed by atoms with Gasteiger partial charge in [-0.2, -0.15) is 27.7 Å². The average molecular weight is 571 g/mol. The number of rotatable bonds is 4. The lowest BCUT2D eigenvalue weighted by Crippen LogP contribution is -2.55. The summed E-state index contributed by atoms with van der Waals surface area (Å²) in [5, 5.41) is 16.6. The second-order valence-corrected chi connectivity index (χ2v) is 9.03. The fourth-order valence-electron chi connectivity index (χ4n) is 3.66. The van der Waals surface area contributed by atoms with Crippen LogP contribution in [0.4, 0.5) is 22.0 Å². The van der Waals surface area contributed by atoms with Crippen LogP contribution in [0.25, 0.3) is 15.9 Å². The van der Waals surface area contributed by atoms with E-state index in [1.54, 1.807) is 25.1 Å². The SMILES string of the molecule is Cc1nsc(-n2nccn2)c1C(=O)N1CCC(F)(F)C(Oc2ccc3ccccc3n2)C1.O=C(O)C(F)(F)F. The van der Waals surface area contributed by atoms with Gasteiger partial charge in [-0.25, -0.2) is 18.6 Å². The van der Waals surface area contributed by atoms with E-state index in [0.29, 0.717) is 21.8 Å². The predicted molar refractivity (Wildman–Crippen MR) is 127 cm³/mol. The monoisotopic (exact) mass is 570 g/mol. The summed E-state index contributed by atoms with van der Waals surface area (Å²) in [6, 6.07) is 10.7. The number of fused-ring (bicyclic) bond motifs is 1. The summed E-state index contributed by atoms with van der Waals surface area (Å²) in [5.41, 5.74) is 1.45. The Labute approximate surface area is 220 Å². The molecule has 1 N–H and O–H groups in total. The molecule has 4 aromatic rings. The van der Waals surface area contributed by atoms with E-state index in [1.165, 1.54) is 22.1 Å². The number of piperidine rings is 1. The fraction of sp³-hybridized carbons (Fsp3) is 0.304.